The maximum absolute atomic E-state index is 12.7. The van der Waals surface area contributed by atoms with Crippen molar-refractivity contribution >= 4 is 27.5 Å². The third-order valence-electron chi connectivity index (χ3n) is 4.67. The number of methoxy groups -OCH3 is 1. The Kier molecular flexibility index (Phi) is 4.63. The van der Waals surface area contributed by atoms with Crippen LogP contribution in [0.2, 0.25) is 0 Å². The van der Waals surface area contributed by atoms with Crippen LogP contribution >= 0.6 is 15.9 Å². The van der Waals surface area contributed by atoms with Gasteiger partial charge in [0.1, 0.15) is 5.75 Å². The highest BCUT2D eigenvalue weighted by atomic mass is 79.9. The van der Waals surface area contributed by atoms with Gasteiger partial charge in [0.2, 0.25) is 0 Å². The molecular weight excluding hydrogens is 370 g/mol. The van der Waals surface area contributed by atoms with E-state index < -0.39 is 0 Å². The fourth-order valence-electron chi connectivity index (χ4n) is 3.63. The molecule has 0 saturated carbocycles. The minimum absolute atomic E-state index is 0.0235. The fraction of sp³-hybridized carbons (Fsp3) is 0.368. The Balaban J connectivity index is 2.25. The second-order valence-electron chi connectivity index (χ2n) is 6.21. The van der Waals surface area contributed by atoms with E-state index in [2.05, 4.69) is 21.2 Å². The molecule has 2 aliphatic rings. The molecule has 1 aromatic rings. The third kappa shape index (κ3) is 2.81. The van der Waals surface area contributed by atoms with Crippen LogP contribution in [0.5, 0.6) is 5.75 Å². The van der Waals surface area contributed by atoms with Gasteiger partial charge < -0.3 is 10.1 Å². The molecule has 4 nitrogen and oxygen atoms in total. The van der Waals surface area contributed by atoms with Crippen LogP contribution in [0, 0.1) is 0 Å². The summed E-state index contributed by atoms with van der Waals surface area (Å²) in [6.45, 7) is 3.46. The van der Waals surface area contributed by atoms with Crippen molar-refractivity contribution < 1.29 is 14.3 Å². The van der Waals surface area contributed by atoms with Crippen LogP contribution in [-0.2, 0) is 9.59 Å². The van der Waals surface area contributed by atoms with Crippen LogP contribution in [0.1, 0.15) is 44.6 Å². The Morgan fingerprint density at radius 1 is 1.33 bits per heavy atom. The summed E-state index contributed by atoms with van der Waals surface area (Å²) < 4.78 is 6.22. The van der Waals surface area contributed by atoms with Gasteiger partial charge in [0, 0.05) is 39.4 Å². The summed E-state index contributed by atoms with van der Waals surface area (Å²) in [7, 11) is 1.61. The monoisotopic (exact) mass is 389 g/mol. The quantitative estimate of drug-likeness (QED) is 0.847. The van der Waals surface area contributed by atoms with E-state index >= 15 is 0 Å². The first-order valence-corrected chi connectivity index (χ1v) is 8.81. The molecule has 0 aromatic heterocycles. The molecule has 1 N–H and O–H groups in total. The first-order valence-electron chi connectivity index (χ1n) is 8.02. The number of hydrogen-bond acceptors (Lipinski definition) is 4. The zero-order valence-corrected chi connectivity index (χ0v) is 15.6. The molecule has 1 heterocycles. The molecule has 1 aliphatic carbocycles. The van der Waals surface area contributed by atoms with E-state index in [0.29, 0.717) is 17.7 Å². The molecule has 1 unspecified atom stereocenters. The van der Waals surface area contributed by atoms with E-state index in [9.17, 15) is 9.59 Å². The maximum atomic E-state index is 12.7. The molecule has 1 aliphatic heterocycles. The molecule has 3 rings (SSSR count). The van der Waals surface area contributed by atoms with Gasteiger partial charge in [-0.25, -0.2) is 0 Å². The van der Waals surface area contributed by atoms with Crippen LogP contribution in [0.4, 0.5) is 0 Å². The second-order valence-corrected chi connectivity index (χ2v) is 7.06. The lowest BCUT2D eigenvalue weighted by atomic mass is 9.74. The molecule has 0 radical (unpaired) electrons. The molecule has 0 bridgehead atoms. The van der Waals surface area contributed by atoms with E-state index in [1.807, 2.05) is 25.1 Å². The van der Waals surface area contributed by atoms with Crippen molar-refractivity contribution in [3.05, 3.63) is 50.8 Å². The molecule has 24 heavy (non-hydrogen) atoms. The normalized spacial score (nSPS) is 20.7. The predicted molar refractivity (Wildman–Crippen MR) is 95.8 cm³/mol. The fourth-order valence-corrected chi connectivity index (χ4v) is 4.11. The highest BCUT2D eigenvalue weighted by Gasteiger charge is 2.38. The summed E-state index contributed by atoms with van der Waals surface area (Å²) in [5.41, 5.74) is 4.05. The van der Waals surface area contributed by atoms with Gasteiger partial charge in [-0.3, -0.25) is 9.59 Å². The zero-order valence-electron chi connectivity index (χ0n) is 14.0. The topological polar surface area (TPSA) is 55.4 Å². The number of hydrogen-bond donors (Lipinski definition) is 1. The van der Waals surface area contributed by atoms with Crippen molar-refractivity contribution in [3.8, 4) is 5.75 Å². The smallest absolute Gasteiger partial charge is 0.161 e. The van der Waals surface area contributed by atoms with Crippen molar-refractivity contribution in [3.63, 3.8) is 0 Å². The van der Waals surface area contributed by atoms with Crippen LogP contribution in [0.25, 0.3) is 0 Å². The summed E-state index contributed by atoms with van der Waals surface area (Å²) >= 11 is 3.58. The van der Waals surface area contributed by atoms with E-state index in [1.165, 1.54) is 0 Å². The summed E-state index contributed by atoms with van der Waals surface area (Å²) in [4.78, 5) is 25.0. The number of rotatable bonds is 3. The van der Waals surface area contributed by atoms with Crippen LogP contribution in [-0.4, -0.2) is 18.7 Å². The third-order valence-corrected chi connectivity index (χ3v) is 5.39. The molecule has 1 atom stereocenters. The number of nitrogens with one attached hydrogen (secondary N) is 1. The first-order chi connectivity index (χ1) is 11.4. The molecule has 0 spiro atoms. The van der Waals surface area contributed by atoms with E-state index in [-0.39, 0.29) is 17.5 Å². The summed E-state index contributed by atoms with van der Waals surface area (Å²) in [5.74, 6) is 0.452. The highest BCUT2D eigenvalue weighted by molar-refractivity contribution is 9.10. The molecule has 1 aromatic carbocycles. The number of carbonyl (C=O) groups is 2. The summed E-state index contributed by atoms with van der Waals surface area (Å²) in [5, 5.41) is 3.30. The van der Waals surface area contributed by atoms with Crippen LogP contribution in [0.3, 0.4) is 0 Å². The molecule has 0 saturated heterocycles. The zero-order chi connectivity index (χ0) is 17.4. The lowest BCUT2D eigenvalue weighted by Gasteiger charge is -2.34. The van der Waals surface area contributed by atoms with Crippen LogP contribution in [0.15, 0.2) is 45.2 Å². The van der Waals surface area contributed by atoms with Gasteiger partial charge in [-0.05, 0) is 50.5 Å². The highest BCUT2D eigenvalue weighted by Crippen LogP contribution is 2.45. The van der Waals surface area contributed by atoms with Gasteiger partial charge in [0.15, 0.2) is 11.6 Å². The van der Waals surface area contributed by atoms with E-state index in [0.717, 1.165) is 39.8 Å². The maximum Gasteiger partial charge on any atom is 0.161 e. The van der Waals surface area contributed by atoms with Gasteiger partial charge in [0.05, 0.1) is 7.11 Å². The van der Waals surface area contributed by atoms with Crippen LogP contribution < -0.4 is 10.1 Å². The van der Waals surface area contributed by atoms with Gasteiger partial charge in [0.25, 0.3) is 0 Å². The largest absolute Gasteiger partial charge is 0.497 e. The molecule has 5 heteroatoms. The van der Waals surface area contributed by atoms with Crippen molar-refractivity contribution in [1.29, 1.82) is 0 Å². The lowest BCUT2D eigenvalue weighted by Crippen LogP contribution is -2.33. The molecule has 0 amide bonds. The first kappa shape index (κ1) is 17.0. The second kappa shape index (κ2) is 6.55. The van der Waals surface area contributed by atoms with E-state index in [1.54, 1.807) is 14.0 Å². The average Bonchev–Trinajstić information content (AvgIpc) is 2.54. The number of carbonyl (C=O) groups excluding carboxylic acids is 2. The molecule has 126 valence electrons. The van der Waals surface area contributed by atoms with Crippen molar-refractivity contribution in [2.24, 2.45) is 0 Å². The standard InChI is InChI=1S/C19H20BrNO3/c1-10-17(11(2)22)18(13-9-12(24-3)7-8-14(13)20)19-15(21-10)5-4-6-16(19)23/h7-9,18,21H,4-6H2,1-3H3. The van der Waals surface area contributed by atoms with Crippen molar-refractivity contribution in [1.82, 2.24) is 5.32 Å². The number of ketones is 2. The Hall–Kier alpha value is -1.88. The average molecular weight is 390 g/mol. The summed E-state index contributed by atoms with van der Waals surface area (Å²) in [6.07, 6.45) is 2.21. The number of dihydropyridines is 1. The minimum Gasteiger partial charge on any atom is -0.497 e. The number of Topliss-reactive ketones (excluding diaryl/α,β-unsaturated/α-hetero) is 2. The van der Waals surface area contributed by atoms with E-state index in [4.69, 9.17) is 4.74 Å². The van der Waals surface area contributed by atoms with Gasteiger partial charge >= 0.3 is 0 Å². The number of allylic oxidation sites excluding steroid dienone is 4. The van der Waals surface area contributed by atoms with Crippen molar-refractivity contribution in [2.45, 2.75) is 39.0 Å². The Labute approximate surface area is 150 Å². The van der Waals surface area contributed by atoms with Gasteiger partial charge in [-0.1, -0.05) is 15.9 Å². The molecule has 0 fully saturated rings. The lowest BCUT2D eigenvalue weighted by molar-refractivity contribution is -0.116. The Bertz CT molecular complexity index is 792. The van der Waals surface area contributed by atoms with Crippen molar-refractivity contribution in [2.75, 3.05) is 7.11 Å². The molecular formula is C19H20BrNO3. The number of ether oxygens (including phenoxy) is 1. The number of halogens is 1. The predicted octanol–water partition coefficient (Wildman–Crippen LogP) is 4.01. The Morgan fingerprint density at radius 3 is 2.75 bits per heavy atom. The van der Waals surface area contributed by atoms with Gasteiger partial charge in [-0.2, -0.15) is 0 Å². The minimum atomic E-state index is -0.351. The SMILES string of the molecule is COc1ccc(Br)c(C2C(C(C)=O)=C(C)NC3=C2C(=O)CCC3)c1. The summed E-state index contributed by atoms with van der Waals surface area (Å²) in [6, 6.07) is 5.66. The van der Waals surface area contributed by atoms with Gasteiger partial charge in [-0.15, -0.1) is 0 Å². The number of benzene rings is 1. The Morgan fingerprint density at radius 2 is 2.08 bits per heavy atom.